The third kappa shape index (κ3) is 4.60. The standard InChI is InChI=1S/C4H9.Li/c1-3-4-2;/h3H,4H2,1-2H3;/i;1-5. The van der Waals surface area contributed by atoms with Crippen molar-refractivity contribution in [3.05, 3.63) is 0 Å². The van der Waals surface area contributed by atoms with Crippen molar-refractivity contribution in [2.75, 3.05) is 0 Å². The van der Waals surface area contributed by atoms with Gasteiger partial charge in [0, 0.05) is 0 Å². The Hall–Kier alpha value is 0.597. The molecule has 1 unspecified atom stereocenters. The van der Waals surface area contributed by atoms with Gasteiger partial charge in [0.15, 0.2) is 0 Å². The van der Waals surface area contributed by atoms with Gasteiger partial charge in [0.05, 0.1) is 0 Å². The van der Waals surface area contributed by atoms with Gasteiger partial charge in [0.1, 0.15) is 0 Å². The van der Waals surface area contributed by atoms with Crippen molar-refractivity contribution in [3.63, 3.8) is 0 Å². The zero-order chi connectivity index (χ0) is 4.28. The average Bonchev–Trinajstić information content (AvgIpc) is 1.38. The quantitative estimate of drug-likeness (QED) is 0.400. The number of hydrogen-bond acceptors (Lipinski definition) is 0. The van der Waals surface area contributed by atoms with Crippen LogP contribution < -0.4 is 0 Å². The summed E-state index contributed by atoms with van der Waals surface area (Å²) >= 11 is 2.22. The molecule has 5 heavy (non-hydrogen) atoms. The van der Waals surface area contributed by atoms with Crippen LogP contribution in [-0.2, 0) is 0 Å². The van der Waals surface area contributed by atoms with E-state index in [-0.39, 0.29) is 0 Å². The molecule has 0 aliphatic carbocycles. The van der Waals surface area contributed by atoms with Crippen molar-refractivity contribution in [1.29, 1.82) is 0 Å². The minimum absolute atomic E-state index is 0.884. The van der Waals surface area contributed by atoms with Crippen molar-refractivity contribution in [3.8, 4) is 0 Å². The summed E-state index contributed by atoms with van der Waals surface area (Å²) in [6.07, 6.45) is 1.31. The van der Waals surface area contributed by atoms with Crippen LogP contribution in [0.15, 0.2) is 0 Å². The Morgan fingerprint density at radius 1 is 1.80 bits per heavy atom. The molecule has 0 nitrogen and oxygen atoms in total. The van der Waals surface area contributed by atoms with Gasteiger partial charge in [-0.3, -0.25) is 0 Å². The van der Waals surface area contributed by atoms with E-state index in [1.165, 1.54) is 6.42 Å². The van der Waals surface area contributed by atoms with Crippen LogP contribution in [-0.4, -0.2) is 17.7 Å². The van der Waals surface area contributed by atoms with E-state index in [9.17, 15) is 0 Å². The van der Waals surface area contributed by atoms with E-state index in [1.807, 2.05) is 0 Å². The molecule has 26 valence electrons. The Morgan fingerprint density at radius 3 is 2.00 bits per heavy atom. The molecule has 0 aromatic carbocycles. The monoisotopic (exact) mass is 59.1 g/mol. The fraction of sp³-hybridized carbons (Fsp3) is 1.00. The molecule has 0 saturated heterocycles. The molecular formula is C4H9Li. The van der Waals surface area contributed by atoms with Gasteiger partial charge >= 0.3 is 42.6 Å². The SMILES string of the molecule is [2Li][CH](C)CC. The summed E-state index contributed by atoms with van der Waals surface area (Å²) in [4.78, 5) is 0. The van der Waals surface area contributed by atoms with Crippen molar-refractivity contribution < 1.29 is 0 Å². The van der Waals surface area contributed by atoms with Crippen LogP contribution in [0.2, 0.25) is 4.59 Å². The van der Waals surface area contributed by atoms with Crippen LogP contribution in [0, 0.1) is 0 Å². The predicted octanol–water partition coefficient (Wildman–Crippen LogP) is 1.37. The van der Waals surface area contributed by atoms with Gasteiger partial charge in [-0.1, -0.05) is 0 Å². The summed E-state index contributed by atoms with van der Waals surface area (Å²) in [6, 6.07) is 0. The zero-order valence-corrected chi connectivity index (χ0v) is 4.28. The second-order valence-corrected chi connectivity index (χ2v) is 1.80. The van der Waals surface area contributed by atoms with E-state index in [1.54, 1.807) is 0 Å². The van der Waals surface area contributed by atoms with Crippen LogP contribution >= 0.6 is 0 Å². The molecule has 0 N–H and O–H groups in total. The van der Waals surface area contributed by atoms with Crippen molar-refractivity contribution in [2.45, 2.75) is 24.9 Å². The maximum atomic E-state index is 2.22. The summed E-state index contributed by atoms with van der Waals surface area (Å²) < 4.78 is 0.884. The summed E-state index contributed by atoms with van der Waals surface area (Å²) in [5, 5.41) is 0. The Balaban J connectivity index is 2.54. The van der Waals surface area contributed by atoms with Crippen LogP contribution in [0.1, 0.15) is 20.3 Å². The molecule has 0 aromatic rings. The van der Waals surface area contributed by atoms with Gasteiger partial charge in [0.25, 0.3) is 0 Å². The van der Waals surface area contributed by atoms with E-state index >= 15 is 0 Å². The zero-order valence-electron chi connectivity index (χ0n) is 4.28. The first kappa shape index (κ1) is 5.60. The van der Waals surface area contributed by atoms with Crippen LogP contribution in [0.25, 0.3) is 0 Å². The maximum absolute atomic E-state index is 2.22. The predicted molar refractivity (Wildman–Crippen MR) is 25.5 cm³/mol. The number of hydrogen-bond donors (Lipinski definition) is 0. The van der Waals surface area contributed by atoms with Gasteiger partial charge in [-0.15, -0.1) is 0 Å². The van der Waals surface area contributed by atoms with Gasteiger partial charge in [0.2, 0.25) is 0 Å². The molecular weight excluding hydrogens is 50.0 g/mol. The number of rotatable bonds is 1. The third-order valence-corrected chi connectivity index (χ3v) is 0.816. The van der Waals surface area contributed by atoms with Crippen LogP contribution in [0.3, 0.4) is 0 Å². The van der Waals surface area contributed by atoms with Crippen molar-refractivity contribution in [1.82, 2.24) is 0 Å². The van der Waals surface area contributed by atoms with Gasteiger partial charge in [-0.25, -0.2) is 0 Å². The molecule has 0 aromatic heterocycles. The third-order valence-electron chi connectivity index (χ3n) is 0.816. The summed E-state index contributed by atoms with van der Waals surface area (Å²) in [5.74, 6) is 0. The Morgan fingerprint density at radius 2 is 2.00 bits per heavy atom. The van der Waals surface area contributed by atoms with E-state index in [0.29, 0.717) is 0 Å². The van der Waals surface area contributed by atoms with E-state index in [2.05, 4.69) is 31.6 Å². The Bertz CT molecular complexity index is 17.6. The first-order valence-corrected chi connectivity index (χ1v) is 2.27. The van der Waals surface area contributed by atoms with E-state index in [0.717, 1.165) is 4.59 Å². The molecule has 0 radical (unpaired) electrons. The van der Waals surface area contributed by atoms with Crippen molar-refractivity contribution in [2.24, 2.45) is 0 Å². The Labute approximate surface area is 43.2 Å². The molecule has 1 atom stereocenters. The Kier molecular flexibility index (Phi) is 3.15. The molecule has 1 heteroatoms. The minimum atomic E-state index is 0.884. The summed E-state index contributed by atoms with van der Waals surface area (Å²) in [6.45, 7) is 4.42. The van der Waals surface area contributed by atoms with Crippen LogP contribution in [0.4, 0.5) is 0 Å². The molecule has 0 spiro atoms. The summed E-state index contributed by atoms with van der Waals surface area (Å²) in [7, 11) is 0. The van der Waals surface area contributed by atoms with Gasteiger partial charge < -0.3 is 0 Å². The average molecular weight is 59.1 g/mol. The molecule has 0 fully saturated rings. The van der Waals surface area contributed by atoms with Crippen LogP contribution in [0.5, 0.6) is 0 Å². The van der Waals surface area contributed by atoms with E-state index in [4.69, 9.17) is 0 Å². The second-order valence-electron chi connectivity index (χ2n) is 1.80. The van der Waals surface area contributed by atoms with Gasteiger partial charge in [-0.2, -0.15) is 0 Å². The normalized spacial score (nSPS) is 15.2. The first-order chi connectivity index (χ1) is 2.27. The fourth-order valence-electron chi connectivity index (χ4n) is 0. The van der Waals surface area contributed by atoms with E-state index < -0.39 is 0 Å². The molecule has 0 bridgehead atoms. The summed E-state index contributed by atoms with van der Waals surface area (Å²) in [5.41, 5.74) is 0. The fourth-order valence-corrected chi connectivity index (χ4v) is 0. The van der Waals surface area contributed by atoms with Gasteiger partial charge in [-0.05, 0) is 0 Å². The molecule has 0 amide bonds. The topological polar surface area (TPSA) is 0 Å². The molecule has 0 aliphatic rings. The molecule has 0 saturated carbocycles. The molecule has 0 aliphatic heterocycles. The molecule has 0 heterocycles. The molecule has 0 rings (SSSR count). The first-order valence-electron chi connectivity index (χ1n) is 2.27. The second kappa shape index (κ2) is 2.81. The van der Waals surface area contributed by atoms with Crippen molar-refractivity contribution >= 4 is 17.7 Å².